The second-order valence-corrected chi connectivity index (χ2v) is 5.13. The Bertz CT molecular complexity index is 817. The third-order valence-electron chi connectivity index (χ3n) is 3.30. The maximum Gasteiger partial charge on any atom is 0.269 e. The Labute approximate surface area is 122 Å². The molecule has 3 rings (SSSR count). The molecule has 0 aliphatic rings. The van der Waals surface area contributed by atoms with Crippen LogP contribution in [0.4, 0.5) is 0 Å². The molecule has 0 saturated heterocycles. The summed E-state index contributed by atoms with van der Waals surface area (Å²) in [5, 5.41) is 0. The van der Waals surface area contributed by atoms with Gasteiger partial charge in [0, 0.05) is 0 Å². The lowest BCUT2D eigenvalue weighted by molar-refractivity contribution is 0.414. The number of aromatic nitrogens is 1. The monoisotopic (exact) mass is 285 g/mol. The van der Waals surface area contributed by atoms with E-state index in [-0.39, 0.29) is 0 Å². The number of hydrogen-bond acceptors (Lipinski definition) is 3. The van der Waals surface area contributed by atoms with E-state index < -0.39 is 0 Å². The van der Waals surface area contributed by atoms with Gasteiger partial charge in [-0.05, 0) is 54.5 Å². The molecule has 4 heteroatoms. The van der Waals surface area contributed by atoms with Crippen molar-refractivity contribution in [2.75, 3.05) is 7.11 Å². The lowest BCUT2D eigenvalue weighted by Crippen LogP contribution is -1.99. The maximum atomic E-state index is 5.63. The first-order chi connectivity index (χ1) is 9.67. The minimum Gasteiger partial charge on any atom is -0.497 e. The first-order valence-corrected chi connectivity index (χ1v) is 6.81. The third-order valence-corrected chi connectivity index (χ3v) is 3.60. The first kappa shape index (κ1) is 12.9. The molecule has 0 unspecified atom stereocenters. The molecule has 0 saturated carbocycles. The largest absolute Gasteiger partial charge is 0.497 e. The Balaban J connectivity index is 2.07. The summed E-state index contributed by atoms with van der Waals surface area (Å²) in [6.45, 7) is 2.73. The molecule has 2 aromatic carbocycles. The molecule has 0 fully saturated rings. The molecule has 0 amide bonds. The van der Waals surface area contributed by atoms with Crippen molar-refractivity contribution in [2.24, 2.45) is 0 Å². The molecule has 0 N–H and O–H groups in total. The Morgan fingerprint density at radius 1 is 1.20 bits per heavy atom. The number of hydrogen-bond donors (Lipinski definition) is 0. The molecule has 3 nitrogen and oxygen atoms in total. The van der Waals surface area contributed by atoms with Crippen molar-refractivity contribution in [3.8, 4) is 5.75 Å². The molecule has 0 atom stereocenters. The van der Waals surface area contributed by atoms with Crippen LogP contribution >= 0.6 is 12.2 Å². The van der Waals surface area contributed by atoms with E-state index >= 15 is 0 Å². The fourth-order valence-corrected chi connectivity index (χ4v) is 2.53. The van der Waals surface area contributed by atoms with Crippen LogP contribution in [0.1, 0.15) is 11.1 Å². The van der Waals surface area contributed by atoms with E-state index in [0.717, 1.165) is 22.4 Å². The van der Waals surface area contributed by atoms with Gasteiger partial charge in [0.05, 0.1) is 19.2 Å². The van der Waals surface area contributed by atoms with Crippen molar-refractivity contribution in [3.63, 3.8) is 0 Å². The highest BCUT2D eigenvalue weighted by atomic mass is 32.1. The average Bonchev–Trinajstić information content (AvgIpc) is 2.75. The van der Waals surface area contributed by atoms with Gasteiger partial charge < -0.3 is 9.15 Å². The van der Waals surface area contributed by atoms with Crippen LogP contribution in [0.5, 0.6) is 5.75 Å². The summed E-state index contributed by atoms with van der Waals surface area (Å²) in [4.78, 5) is 0.494. The Morgan fingerprint density at radius 3 is 2.85 bits per heavy atom. The quantitative estimate of drug-likeness (QED) is 0.670. The number of methoxy groups -OCH3 is 1. The second-order valence-electron chi connectivity index (χ2n) is 4.78. The highest BCUT2D eigenvalue weighted by Gasteiger charge is 2.08. The van der Waals surface area contributed by atoms with E-state index in [1.165, 1.54) is 5.56 Å². The topological polar surface area (TPSA) is 27.3 Å². The molecule has 20 heavy (non-hydrogen) atoms. The molecular formula is C16H15NO2S. The van der Waals surface area contributed by atoms with E-state index in [0.29, 0.717) is 11.4 Å². The van der Waals surface area contributed by atoms with Gasteiger partial charge >= 0.3 is 0 Å². The van der Waals surface area contributed by atoms with Gasteiger partial charge in [-0.3, -0.25) is 4.57 Å². The van der Waals surface area contributed by atoms with Crippen LogP contribution < -0.4 is 4.74 Å². The molecule has 0 bridgehead atoms. The van der Waals surface area contributed by atoms with Crippen LogP contribution in [-0.2, 0) is 6.54 Å². The smallest absolute Gasteiger partial charge is 0.269 e. The van der Waals surface area contributed by atoms with Crippen LogP contribution in [0.25, 0.3) is 11.1 Å². The number of benzene rings is 2. The fourth-order valence-electron chi connectivity index (χ4n) is 2.28. The van der Waals surface area contributed by atoms with E-state index in [1.807, 2.05) is 34.9 Å². The van der Waals surface area contributed by atoms with Gasteiger partial charge in [-0.15, -0.1) is 0 Å². The molecule has 1 heterocycles. The van der Waals surface area contributed by atoms with E-state index in [9.17, 15) is 0 Å². The minimum absolute atomic E-state index is 0.494. The predicted molar refractivity (Wildman–Crippen MR) is 81.9 cm³/mol. The zero-order chi connectivity index (χ0) is 14.1. The Morgan fingerprint density at radius 2 is 2.05 bits per heavy atom. The second kappa shape index (κ2) is 5.13. The summed E-state index contributed by atoms with van der Waals surface area (Å²) in [5.74, 6) is 0.845. The summed E-state index contributed by atoms with van der Waals surface area (Å²) in [7, 11) is 1.67. The van der Waals surface area contributed by atoms with Gasteiger partial charge in [0.2, 0.25) is 0 Å². The van der Waals surface area contributed by atoms with Gasteiger partial charge in [-0.1, -0.05) is 18.2 Å². The third kappa shape index (κ3) is 2.34. The SMILES string of the molecule is COc1cccc(Cn2c(=S)oc3ccc(C)cc32)c1. The summed E-state index contributed by atoms with van der Waals surface area (Å²) in [6.07, 6.45) is 0. The number of rotatable bonds is 3. The van der Waals surface area contributed by atoms with Gasteiger partial charge in [0.25, 0.3) is 4.84 Å². The number of aryl methyl sites for hydroxylation is 1. The number of oxazole rings is 1. The maximum absolute atomic E-state index is 5.63. The zero-order valence-corrected chi connectivity index (χ0v) is 12.2. The van der Waals surface area contributed by atoms with Crippen molar-refractivity contribution in [3.05, 3.63) is 58.4 Å². The van der Waals surface area contributed by atoms with Gasteiger partial charge in [-0.2, -0.15) is 0 Å². The molecule has 0 aliphatic heterocycles. The minimum atomic E-state index is 0.494. The molecule has 102 valence electrons. The molecule has 0 radical (unpaired) electrons. The summed E-state index contributed by atoms with van der Waals surface area (Å²) in [6, 6.07) is 14.1. The highest BCUT2D eigenvalue weighted by Crippen LogP contribution is 2.21. The summed E-state index contributed by atoms with van der Waals surface area (Å²) in [5.41, 5.74) is 4.17. The van der Waals surface area contributed by atoms with Crippen LogP contribution in [-0.4, -0.2) is 11.7 Å². The van der Waals surface area contributed by atoms with Crippen molar-refractivity contribution in [1.82, 2.24) is 4.57 Å². The molecule has 0 aliphatic carbocycles. The van der Waals surface area contributed by atoms with Gasteiger partial charge in [0.1, 0.15) is 5.75 Å². The standard InChI is InChI=1S/C16H15NO2S/c1-11-6-7-15-14(8-11)17(16(20)19-15)10-12-4-3-5-13(9-12)18-2/h3-9H,10H2,1-2H3. The van der Waals surface area contributed by atoms with Crippen LogP contribution in [0.3, 0.4) is 0 Å². The lowest BCUT2D eigenvalue weighted by atomic mass is 10.2. The van der Waals surface area contributed by atoms with Gasteiger partial charge in [0.15, 0.2) is 5.58 Å². The van der Waals surface area contributed by atoms with Crippen molar-refractivity contribution in [2.45, 2.75) is 13.5 Å². The first-order valence-electron chi connectivity index (χ1n) is 6.40. The molecule has 0 spiro atoms. The zero-order valence-electron chi connectivity index (χ0n) is 11.4. The van der Waals surface area contributed by atoms with Crippen LogP contribution in [0.2, 0.25) is 0 Å². The molecular weight excluding hydrogens is 270 g/mol. The Hall–Kier alpha value is -2.07. The van der Waals surface area contributed by atoms with Crippen molar-refractivity contribution >= 4 is 23.3 Å². The number of fused-ring (bicyclic) bond motifs is 1. The normalized spacial score (nSPS) is 10.9. The fraction of sp³-hybridized carbons (Fsp3) is 0.188. The molecule has 3 aromatic rings. The van der Waals surface area contributed by atoms with Gasteiger partial charge in [-0.25, -0.2) is 0 Å². The van der Waals surface area contributed by atoms with E-state index in [1.54, 1.807) is 7.11 Å². The van der Waals surface area contributed by atoms with E-state index in [2.05, 4.69) is 19.1 Å². The predicted octanol–water partition coefficient (Wildman–Crippen LogP) is 4.33. The number of nitrogens with zero attached hydrogens (tertiary/aromatic N) is 1. The Kier molecular flexibility index (Phi) is 3.32. The van der Waals surface area contributed by atoms with Crippen LogP contribution in [0.15, 0.2) is 46.9 Å². The molecule has 1 aromatic heterocycles. The van der Waals surface area contributed by atoms with Crippen molar-refractivity contribution < 1.29 is 9.15 Å². The number of ether oxygens (including phenoxy) is 1. The van der Waals surface area contributed by atoms with E-state index in [4.69, 9.17) is 21.4 Å². The summed E-state index contributed by atoms with van der Waals surface area (Å²) >= 11 is 5.32. The summed E-state index contributed by atoms with van der Waals surface area (Å²) < 4.78 is 12.9. The van der Waals surface area contributed by atoms with Crippen LogP contribution in [0, 0.1) is 11.8 Å². The highest BCUT2D eigenvalue weighted by molar-refractivity contribution is 7.71. The average molecular weight is 285 g/mol. The lowest BCUT2D eigenvalue weighted by Gasteiger charge is -2.06. The van der Waals surface area contributed by atoms with Crippen molar-refractivity contribution in [1.29, 1.82) is 0 Å².